The summed E-state index contributed by atoms with van der Waals surface area (Å²) >= 11 is 0. The van der Waals surface area contributed by atoms with E-state index in [9.17, 15) is 13.2 Å². The van der Waals surface area contributed by atoms with Crippen LogP contribution in [-0.4, -0.2) is 43.4 Å². The number of nitrogens with zero attached hydrogens (tertiary/aromatic N) is 1. The van der Waals surface area contributed by atoms with Crippen molar-refractivity contribution in [2.75, 3.05) is 12.9 Å². The van der Waals surface area contributed by atoms with Gasteiger partial charge in [0.2, 0.25) is 0 Å². The van der Waals surface area contributed by atoms with Gasteiger partial charge in [0.1, 0.15) is 0 Å². The minimum atomic E-state index is -3.58. The van der Waals surface area contributed by atoms with Crippen molar-refractivity contribution in [3.63, 3.8) is 0 Å². The van der Waals surface area contributed by atoms with E-state index in [4.69, 9.17) is 9.94 Å². The molecule has 94 valence electrons. The first kappa shape index (κ1) is 14.9. The van der Waals surface area contributed by atoms with E-state index in [2.05, 4.69) is 5.16 Å². The number of rotatable bonds is 6. The van der Waals surface area contributed by atoms with Gasteiger partial charge in [0, 0.05) is 12.5 Å². The summed E-state index contributed by atoms with van der Waals surface area (Å²) < 4.78 is 26.3. The SMILES string of the molecule is CCOC(=O)C(C)(CCC=NO)S(C)(=O)=O. The molecule has 0 saturated heterocycles. The van der Waals surface area contributed by atoms with Gasteiger partial charge in [0.05, 0.1) is 6.61 Å². The predicted molar refractivity (Wildman–Crippen MR) is 59.4 cm³/mol. The van der Waals surface area contributed by atoms with Crippen LogP contribution < -0.4 is 0 Å². The summed E-state index contributed by atoms with van der Waals surface area (Å²) in [5.74, 6) is -0.774. The highest BCUT2D eigenvalue weighted by Gasteiger charge is 2.44. The second-order valence-electron chi connectivity index (χ2n) is 3.56. The Balaban J connectivity index is 4.97. The lowest BCUT2D eigenvalue weighted by atomic mass is 10.1. The number of ether oxygens (including phenoxy) is 1. The Kier molecular flexibility index (Phi) is 5.43. The van der Waals surface area contributed by atoms with Gasteiger partial charge in [-0.1, -0.05) is 0 Å². The van der Waals surface area contributed by atoms with Crippen LogP contribution in [0.2, 0.25) is 0 Å². The summed E-state index contributed by atoms with van der Waals surface area (Å²) in [6.07, 6.45) is 2.33. The van der Waals surface area contributed by atoms with Crippen molar-refractivity contribution in [3.8, 4) is 0 Å². The Morgan fingerprint density at radius 2 is 2.12 bits per heavy atom. The van der Waals surface area contributed by atoms with Gasteiger partial charge in [0.25, 0.3) is 0 Å². The van der Waals surface area contributed by atoms with Gasteiger partial charge >= 0.3 is 5.97 Å². The third-order valence-corrected chi connectivity index (χ3v) is 4.37. The third-order valence-electron chi connectivity index (χ3n) is 2.36. The number of esters is 1. The average Bonchev–Trinajstić information content (AvgIpc) is 2.16. The molecule has 6 nitrogen and oxygen atoms in total. The van der Waals surface area contributed by atoms with Gasteiger partial charge in [-0.05, 0) is 26.7 Å². The summed E-state index contributed by atoms with van der Waals surface area (Å²) in [7, 11) is -3.58. The molecule has 0 heterocycles. The molecule has 0 aliphatic heterocycles. The molecular weight excluding hydrogens is 234 g/mol. The minimum Gasteiger partial charge on any atom is -0.465 e. The van der Waals surface area contributed by atoms with Crippen LogP contribution in [-0.2, 0) is 19.4 Å². The standard InChI is InChI=1S/C9H17NO5S/c1-4-15-8(11)9(2,16(3,13)14)6-5-7-10-12/h7,12H,4-6H2,1-3H3. The lowest BCUT2D eigenvalue weighted by Gasteiger charge is -2.24. The molecule has 0 aromatic carbocycles. The van der Waals surface area contributed by atoms with Crippen molar-refractivity contribution in [3.05, 3.63) is 0 Å². The van der Waals surface area contributed by atoms with E-state index in [0.717, 1.165) is 12.5 Å². The normalized spacial score (nSPS) is 15.9. The zero-order valence-corrected chi connectivity index (χ0v) is 10.5. The molecule has 0 amide bonds. The molecule has 0 aliphatic rings. The molecule has 1 N–H and O–H groups in total. The Hall–Kier alpha value is -1.11. The highest BCUT2D eigenvalue weighted by atomic mass is 32.2. The maximum Gasteiger partial charge on any atom is 0.327 e. The lowest BCUT2D eigenvalue weighted by molar-refractivity contribution is -0.145. The Morgan fingerprint density at radius 3 is 2.50 bits per heavy atom. The number of carbonyl (C=O) groups excluding carboxylic acids is 1. The van der Waals surface area contributed by atoms with E-state index < -0.39 is 20.6 Å². The summed E-state index contributed by atoms with van der Waals surface area (Å²) in [5.41, 5.74) is 0. The van der Waals surface area contributed by atoms with Crippen LogP contribution >= 0.6 is 0 Å². The van der Waals surface area contributed by atoms with Gasteiger partial charge in [-0.2, -0.15) is 0 Å². The number of hydrogen-bond acceptors (Lipinski definition) is 6. The molecule has 16 heavy (non-hydrogen) atoms. The lowest BCUT2D eigenvalue weighted by Crippen LogP contribution is -2.44. The molecule has 0 aromatic heterocycles. The van der Waals surface area contributed by atoms with Crippen molar-refractivity contribution in [2.24, 2.45) is 5.16 Å². The molecule has 0 saturated carbocycles. The maximum absolute atomic E-state index is 11.6. The molecular formula is C9H17NO5S. The summed E-state index contributed by atoms with van der Waals surface area (Å²) in [6.45, 7) is 3.04. The Labute approximate surface area is 95.2 Å². The van der Waals surface area contributed by atoms with Crippen molar-refractivity contribution in [1.29, 1.82) is 0 Å². The molecule has 1 unspecified atom stereocenters. The van der Waals surface area contributed by atoms with Crippen LogP contribution in [0.15, 0.2) is 5.16 Å². The van der Waals surface area contributed by atoms with Crippen molar-refractivity contribution in [2.45, 2.75) is 31.4 Å². The molecule has 0 radical (unpaired) electrons. The predicted octanol–water partition coefficient (Wildman–Crippen LogP) is 0.593. The molecule has 0 bridgehead atoms. The van der Waals surface area contributed by atoms with E-state index in [1.165, 1.54) is 6.92 Å². The highest BCUT2D eigenvalue weighted by molar-refractivity contribution is 7.92. The molecule has 7 heteroatoms. The van der Waals surface area contributed by atoms with E-state index in [1.807, 2.05) is 0 Å². The van der Waals surface area contributed by atoms with Crippen molar-refractivity contribution < 1.29 is 23.2 Å². The topological polar surface area (TPSA) is 93.0 Å². The smallest absolute Gasteiger partial charge is 0.327 e. The summed E-state index contributed by atoms with van der Waals surface area (Å²) in [6, 6.07) is 0. The maximum atomic E-state index is 11.6. The zero-order chi connectivity index (χ0) is 12.8. The molecule has 0 fully saturated rings. The highest BCUT2D eigenvalue weighted by Crippen LogP contribution is 2.24. The number of oxime groups is 1. The number of hydrogen-bond donors (Lipinski definition) is 1. The van der Waals surface area contributed by atoms with Crippen LogP contribution in [0.3, 0.4) is 0 Å². The van der Waals surface area contributed by atoms with Gasteiger partial charge in [-0.25, -0.2) is 8.42 Å². The monoisotopic (exact) mass is 251 g/mol. The van der Waals surface area contributed by atoms with Crippen molar-refractivity contribution in [1.82, 2.24) is 0 Å². The molecule has 0 rings (SSSR count). The first-order valence-electron chi connectivity index (χ1n) is 4.82. The molecule has 0 aliphatic carbocycles. The van der Waals surface area contributed by atoms with Crippen LogP contribution in [0.4, 0.5) is 0 Å². The minimum absolute atomic E-state index is 0.0225. The quantitative estimate of drug-likeness (QED) is 0.323. The number of carbonyl (C=O) groups is 1. The fraction of sp³-hybridized carbons (Fsp3) is 0.778. The summed E-state index contributed by atoms with van der Waals surface area (Å²) in [5, 5.41) is 11.0. The largest absolute Gasteiger partial charge is 0.465 e. The molecule has 1 atom stereocenters. The first-order valence-corrected chi connectivity index (χ1v) is 6.71. The van der Waals surface area contributed by atoms with Crippen LogP contribution in [0.25, 0.3) is 0 Å². The van der Waals surface area contributed by atoms with Gasteiger partial charge in [-0.15, -0.1) is 5.16 Å². The van der Waals surface area contributed by atoms with E-state index >= 15 is 0 Å². The fourth-order valence-corrected chi connectivity index (χ4v) is 1.97. The van der Waals surface area contributed by atoms with Gasteiger partial charge < -0.3 is 9.94 Å². The van der Waals surface area contributed by atoms with Gasteiger partial charge in [-0.3, -0.25) is 4.79 Å². The van der Waals surface area contributed by atoms with Gasteiger partial charge in [0.15, 0.2) is 14.6 Å². The third kappa shape index (κ3) is 3.48. The summed E-state index contributed by atoms with van der Waals surface area (Å²) in [4.78, 5) is 11.6. The van der Waals surface area contributed by atoms with E-state index in [-0.39, 0.29) is 19.4 Å². The van der Waals surface area contributed by atoms with Crippen LogP contribution in [0.5, 0.6) is 0 Å². The fourth-order valence-electron chi connectivity index (χ4n) is 1.12. The Morgan fingerprint density at radius 1 is 1.56 bits per heavy atom. The van der Waals surface area contributed by atoms with Crippen molar-refractivity contribution >= 4 is 22.0 Å². The molecule has 0 spiro atoms. The molecule has 0 aromatic rings. The Bertz CT molecular complexity index is 362. The second kappa shape index (κ2) is 5.83. The van der Waals surface area contributed by atoms with Crippen LogP contribution in [0.1, 0.15) is 26.7 Å². The zero-order valence-electron chi connectivity index (χ0n) is 9.63. The number of sulfone groups is 1. The van der Waals surface area contributed by atoms with Crippen LogP contribution in [0, 0.1) is 0 Å². The van der Waals surface area contributed by atoms with E-state index in [1.54, 1.807) is 6.92 Å². The second-order valence-corrected chi connectivity index (χ2v) is 6.01. The average molecular weight is 251 g/mol. The van der Waals surface area contributed by atoms with E-state index in [0.29, 0.717) is 0 Å². The first-order chi connectivity index (χ1) is 7.29.